The molecule has 302 valence electrons. The van der Waals surface area contributed by atoms with Gasteiger partial charge in [-0.05, 0) is 143 Å². The molecule has 0 N–H and O–H groups in total. The second-order valence-electron chi connectivity index (χ2n) is 17.6. The van der Waals surface area contributed by atoms with Crippen LogP contribution in [0.1, 0.15) is 22.3 Å². The molecule has 1 aromatic heterocycles. The number of hydrogen-bond acceptors (Lipinski definition) is 2. The monoisotopic (exact) mass is 841 g/mol. The van der Waals surface area contributed by atoms with Crippen LogP contribution < -0.4 is 4.90 Å². The molecular formula is C63H39NS. The van der Waals surface area contributed by atoms with Crippen LogP contribution in [0.15, 0.2) is 237 Å². The van der Waals surface area contributed by atoms with Gasteiger partial charge in [-0.1, -0.05) is 182 Å². The van der Waals surface area contributed by atoms with Crippen LogP contribution in [-0.2, 0) is 5.41 Å². The van der Waals surface area contributed by atoms with Gasteiger partial charge in [0.25, 0.3) is 0 Å². The number of nitrogens with zero attached hydrogens (tertiary/aromatic N) is 1. The number of thiophene rings is 1. The second kappa shape index (κ2) is 14.0. The van der Waals surface area contributed by atoms with Crippen molar-refractivity contribution in [2.45, 2.75) is 5.41 Å². The van der Waals surface area contributed by atoms with Crippen molar-refractivity contribution in [3.8, 4) is 44.5 Å². The van der Waals surface area contributed by atoms with Crippen molar-refractivity contribution in [1.82, 2.24) is 0 Å². The first-order valence-corrected chi connectivity index (χ1v) is 23.3. The van der Waals surface area contributed by atoms with Gasteiger partial charge in [-0.3, -0.25) is 0 Å². The third kappa shape index (κ3) is 5.32. The van der Waals surface area contributed by atoms with Gasteiger partial charge in [-0.15, -0.1) is 11.3 Å². The number of fused-ring (bicyclic) bond motifs is 15. The Kier molecular flexibility index (Phi) is 7.84. The Hall–Kier alpha value is -8.04. The van der Waals surface area contributed by atoms with Crippen LogP contribution in [-0.4, -0.2) is 0 Å². The maximum atomic E-state index is 2.50. The van der Waals surface area contributed by atoms with Crippen LogP contribution in [0.3, 0.4) is 0 Å². The SMILES string of the molecule is c1ccc2c(c1)-c1ccccc1C21c2ccccc2-c2ccc(N(c3ccc(-c4ccc5ccc(-c6ccc7ccccc7c6)cc5c4)cc3)c3cccc4c3sc3ccccc34)cc21. The summed E-state index contributed by atoms with van der Waals surface area (Å²) in [7, 11) is 0. The Morgan fingerprint density at radius 2 is 0.800 bits per heavy atom. The Balaban J connectivity index is 0.934. The highest BCUT2D eigenvalue weighted by molar-refractivity contribution is 7.26. The molecule has 14 rings (SSSR count). The van der Waals surface area contributed by atoms with Crippen LogP contribution >= 0.6 is 11.3 Å². The summed E-state index contributed by atoms with van der Waals surface area (Å²) >= 11 is 1.88. The zero-order valence-electron chi connectivity index (χ0n) is 35.4. The standard InChI is InChI=1S/C63H39NS/c1-2-13-43-36-45(28-24-40(43)12-1)46-29-26-42-25-27-44(37-47(42)38-46)41-30-32-48(33-31-41)64(60-22-11-18-55-54-17-6-10-23-61(54)65-62(55)60)49-34-35-53-52-16-5-9-21-58(52)63(59(53)39-49)56-19-7-3-14-50(56)51-15-4-8-20-57(51)63/h1-39H. The molecule has 0 fully saturated rings. The first kappa shape index (κ1) is 36.4. The summed E-state index contributed by atoms with van der Waals surface area (Å²) in [5.74, 6) is 0. The van der Waals surface area contributed by atoms with Gasteiger partial charge in [0.2, 0.25) is 0 Å². The van der Waals surface area contributed by atoms with E-state index in [1.54, 1.807) is 0 Å². The van der Waals surface area contributed by atoms with E-state index in [0.29, 0.717) is 0 Å². The molecule has 1 nitrogen and oxygen atoms in total. The zero-order chi connectivity index (χ0) is 42.6. The van der Waals surface area contributed by atoms with Crippen LogP contribution in [0.5, 0.6) is 0 Å². The largest absolute Gasteiger partial charge is 0.309 e. The summed E-state index contributed by atoms with van der Waals surface area (Å²) in [5, 5.41) is 7.58. The Morgan fingerprint density at radius 3 is 1.48 bits per heavy atom. The van der Waals surface area contributed by atoms with E-state index in [0.717, 1.165) is 11.4 Å². The van der Waals surface area contributed by atoms with E-state index in [1.165, 1.54) is 114 Å². The lowest BCUT2D eigenvalue weighted by molar-refractivity contribution is 0.793. The molecule has 2 heteroatoms. The molecule has 0 saturated heterocycles. The van der Waals surface area contributed by atoms with Crippen LogP contribution in [0, 0.1) is 0 Å². The van der Waals surface area contributed by atoms with Gasteiger partial charge in [-0.2, -0.15) is 0 Å². The van der Waals surface area contributed by atoms with Gasteiger partial charge in [0, 0.05) is 26.8 Å². The summed E-state index contributed by atoms with van der Waals surface area (Å²) < 4.78 is 2.58. The molecule has 1 spiro atoms. The van der Waals surface area contributed by atoms with E-state index < -0.39 is 5.41 Å². The van der Waals surface area contributed by atoms with Gasteiger partial charge >= 0.3 is 0 Å². The molecule has 2 aliphatic carbocycles. The molecule has 65 heavy (non-hydrogen) atoms. The molecule has 12 aromatic rings. The third-order valence-electron chi connectivity index (χ3n) is 14.2. The number of rotatable bonds is 5. The minimum Gasteiger partial charge on any atom is -0.309 e. The van der Waals surface area contributed by atoms with E-state index in [2.05, 4.69) is 241 Å². The lowest BCUT2D eigenvalue weighted by Gasteiger charge is -2.32. The minimum absolute atomic E-state index is 0.432. The fraction of sp³-hybridized carbons (Fsp3) is 0.0159. The molecule has 0 radical (unpaired) electrons. The van der Waals surface area contributed by atoms with Gasteiger partial charge in [0.15, 0.2) is 0 Å². The summed E-state index contributed by atoms with van der Waals surface area (Å²) in [4.78, 5) is 2.50. The Morgan fingerprint density at radius 1 is 0.308 bits per heavy atom. The van der Waals surface area contributed by atoms with Crippen LogP contribution in [0.4, 0.5) is 17.1 Å². The molecule has 0 bridgehead atoms. The maximum Gasteiger partial charge on any atom is 0.0726 e. The fourth-order valence-corrected chi connectivity index (χ4v) is 12.5. The highest BCUT2D eigenvalue weighted by atomic mass is 32.1. The molecule has 0 amide bonds. The van der Waals surface area contributed by atoms with Crippen molar-refractivity contribution in [3.63, 3.8) is 0 Å². The molecule has 0 unspecified atom stereocenters. The van der Waals surface area contributed by atoms with Gasteiger partial charge < -0.3 is 4.90 Å². The Labute approximate surface area is 381 Å². The van der Waals surface area contributed by atoms with E-state index in [1.807, 2.05) is 11.3 Å². The molecule has 1 heterocycles. The number of benzene rings is 11. The molecule has 11 aromatic carbocycles. The minimum atomic E-state index is -0.432. The second-order valence-corrected chi connectivity index (χ2v) is 18.6. The van der Waals surface area contributed by atoms with E-state index in [-0.39, 0.29) is 0 Å². The Bertz CT molecular complexity index is 3850. The van der Waals surface area contributed by atoms with E-state index in [9.17, 15) is 0 Å². The maximum absolute atomic E-state index is 2.50. The lowest BCUT2D eigenvalue weighted by Crippen LogP contribution is -2.26. The third-order valence-corrected chi connectivity index (χ3v) is 15.5. The lowest BCUT2D eigenvalue weighted by atomic mass is 9.70. The fourth-order valence-electron chi connectivity index (χ4n) is 11.3. The predicted molar refractivity (Wildman–Crippen MR) is 276 cm³/mol. The zero-order valence-corrected chi connectivity index (χ0v) is 36.2. The average molecular weight is 842 g/mol. The summed E-state index contributed by atoms with van der Waals surface area (Å²) in [6, 6.07) is 88.4. The quantitative estimate of drug-likeness (QED) is 0.167. The summed E-state index contributed by atoms with van der Waals surface area (Å²) in [5.41, 5.74) is 18.5. The van der Waals surface area contributed by atoms with Crippen LogP contribution in [0.25, 0.3) is 86.2 Å². The van der Waals surface area contributed by atoms with Gasteiger partial charge in [-0.25, -0.2) is 0 Å². The van der Waals surface area contributed by atoms with Crippen molar-refractivity contribution in [2.75, 3.05) is 4.90 Å². The van der Waals surface area contributed by atoms with Crippen molar-refractivity contribution in [1.29, 1.82) is 0 Å². The van der Waals surface area contributed by atoms with Crippen molar-refractivity contribution >= 4 is 70.1 Å². The van der Waals surface area contributed by atoms with Crippen molar-refractivity contribution < 1.29 is 0 Å². The normalized spacial score (nSPS) is 13.0. The highest BCUT2D eigenvalue weighted by Gasteiger charge is 2.51. The summed E-state index contributed by atoms with van der Waals surface area (Å²) in [6.07, 6.45) is 0. The number of hydrogen-bond donors (Lipinski definition) is 0. The van der Waals surface area contributed by atoms with Gasteiger partial charge in [0.05, 0.1) is 15.8 Å². The predicted octanol–water partition coefficient (Wildman–Crippen LogP) is 17.5. The first-order valence-electron chi connectivity index (χ1n) is 22.5. The van der Waals surface area contributed by atoms with Crippen LogP contribution in [0.2, 0.25) is 0 Å². The molecule has 0 saturated carbocycles. The molecule has 2 aliphatic rings. The topological polar surface area (TPSA) is 3.24 Å². The first-order chi connectivity index (χ1) is 32.2. The average Bonchev–Trinajstić information content (AvgIpc) is 4.01. The van der Waals surface area contributed by atoms with E-state index >= 15 is 0 Å². The number of anilines is 3. The summed E-state index contributed by atoms with van der Waals surface area (Å²) in [6.45, 7) is 0. The highest BCUT2D eigenvalue weighted by Crippen LogP contribution is 2.63. The van der Waals surface area contributed by atoms with E-state index in [4.69, 9.17) is 0 Å². The molecule has 0 aliphatic heterocycles. The van der Waals surface area contributed by atoms with Crippen molar-refractivity contribution in [3.05, 3.63) is 259 Å². The van der Waals surface area contributed by atoms with Crippen molar-refractivity contribution in [2.24, 2.45) is 0 Å². The smallest absolute Gasteiger partial charge is 0.0726 e. The van der Waals surface area contributed by atoms with Gasteiger partial charge in [0.1, 0.15) is 0 Å². The molecule has 0 atom stereocenters. The molecular weight excluding hydrogens is 803 g/mol.